The summed E-state index contributed by atoms with van der Waals surface area (Å²) in [5.41, 5.74) is 2.77. The molecule has 0 spiro atoms. The minimum atomic E-state index is -3.85. The van der Waals surface area contributed by atoms with Crippen LogP contribution in [0.3, 0.4) is 0 Å². The Labute approximate surface area is 247 Å². The van der Waals surface area contributed by atoms with Crippen LogP contribution in [0.4, 0.5) is 14.5 Å². The summed E-state index contributed by atoms with van der Waals surface area (Å²) in [5.74, 6) is -2.64. The molecule has 0 heterocycles. The van der Waals surface area contributed by atoms with Gasteiger partial charge in [-0.05, 0) is 42.5 Å². The van der Waals surface area contributed by atoms with E-state index in [1.165, 1.54) is 6.07 Å². The van der Waals surface area contributed by atoms with E-state index in [1.807, 2.05) is 75.4 Å². The molecule has 1 atom stereocenters. The zero-order valence-electron chi connectivity index (χ0n) is 24.5. The number of carbonyl (C=O) groups excluding carboxylic acids is 2. The monoisotopic (exact) mass is 599 g/mol. The van der Waals surface area contributed by atoms with Crippen molar-refractivity contribution in [2.45, 2.75) is 52.6 Å². The second-order valence-electron chi connectivity index (χ2n) is 10.9. The van der Waals surface area contributed by atoms with Crippen LogP contribution in [0.2, 0.25) is 0 Å². The smallest absolute Gasteiger partial charge is 0.243 e. The number of sulfonamides is 1. The van der Waals surface area contributed by atoms with Crippen molar-refractivity contribution >= 4 is 27.5 Å². The van der Waals surface area contributed by atoms with Gasteiger partial charge in [0.05, 0.1) is 11.9 Å². The predicted octanol–water partition coefficient (Wildman–Crippen LogP) is 5.23. The van der Waals surface area contributed by atoms with E-state index in [9.17, 15) is 26.8 Å². The van der Waals surface area contributed by atoms with E-state index in [0.29, 0.717) is 13.0 Å². The third kappa shape index (κ3) is 9.65. The number of halogens is 2. The topological polar surface area (TPSA) is 86.8 Å². The zero-order valence-corrected chi connectivity index (χ0v) is 25.3. The van der Waals surface area contributed by atoms with Gasteiger partial charge in [0.25, 0.3) is 0 Å². The van der Waals surface area contributed by atoms with Crippen LogP contribution in [0.15, 0.2) is 72.8 Å². The van der Waals surface area contributed by atoms with E-state index in [-0.39, 0.29) is 49.4 Å². The van der Waals surface area contributed by atoms with Crippen molar-refractivity contribution in [2.75, 3.05) is 23.7 Å². The summed E-state index contributed by atoms with van der Waals surface area (Å²) in [6, 6.07) is 19.2. The average Bonchev–Trinajstić information content (AvgIpc) is 2.94. The lowest BCUT2D eigenvalue weighted by molar-refractivity contribution is -0.141. The summed E-state index contributed by atoms with van der Waals surface area (Å²) in [6.07, 6.45) is 1.30. The molecule has 2 amide bonds. The van der Waals surface area contributed by atoms with Crippen molar-refractivity contribution in [3.05, 3.63) is 101 Å². The average molecular weight is 600 g/mol. The fourth-order valence-corrected chi connectivity index (χ4v) is 5.47. The van der Waals surface area contributed by atoms with E-state index in [4.69, 9.17) is 0 Å². The second-order valence-corrected chi connectivity index (χ2v) is 12.8. The summed E-state index contributed by atoms with van der Waals surface area (Å²) in [6.45, 7) is 6.45. The maximum atomic E-state index is 13.9. The Morgan fingerprint density at radius 1 is 0.905 bits per heavy atom. The molecule has 0 aliphatic heterocycles. The van der Waals surface area contributed by atoms with Gasteiger partial charge in [0.15, 0.2) is 11.6 Å². The van der Waals surface area contributed by atoms with Gasteiger partial charge in [-0.2, -0.15) is 0 Å². The molecule has 0 bridgehead atoms. The Bertz CT molecular complexity index is 1450. The summed E-state index contributed by atoms with van der Waals surface area (Å²) in [5, 5.41) is 2.97. The Balaban J connectivity index is 1.88. The lowest BCUT2D eigenvalue weighted by Gasteiger charge is -2.32. The molecule has 0 aliphatic carbocycles. The molecule has 0 aliphatic rings. The van der Waals surface area contributed by atoms with Gasteiger partial charge < -0.3 is 10.2 Å². The Kier molecular flexibility index (Phi) is 11.6. The second kappa shape index (κ2) is 14.9. The third-order valence-electron chi connectivity index (χ3n) is 6.77. The SMILES string of the molecule is Cc1ccc(CN(C(=O)CCCN(c2ccc(F)c(F)c2)S(C)(=O)=O)[C@@H](Cc2ccccc2)C(=O)NCC(C)C)cc1. The van der Waals surface area contributed by atoms with Gasteiger partial charge in [-0.15, -0.1) is 0 Å². The number of aryl methyl sites for hydroxylation is 1. The maximum absolute atomic E-state index is 13.9. The Morgan fingerprint density at radius 3 is 2.17 bits per heavy atom. The van der Waals surface area contributed by atoms with Crippen molar-refractivity contribution in [1.29, 1.82) is 0 Å². The molecule has 0 saturated carbocycles. The lowest BCUT2D eigenvalue weighted by Crippen LogP contribution is -2.51. The first kappa shape index (κ1) is 32.7. The highest BCUT2D eigenvalue weighted by molar-refractivity contribution is 7.92. The summed E-state index contributed by atoms with van der Waals surface area (Å²) >= 11 is 0. The number of amides is 2. The Hall–Kier alpha value is -3.79. The molecule has 42 heavy (non-hydrogen) atoms. The number of hydrogen-bond donors (Lipinski definition) is 1. The van der Waals surface area contributed by atoms with Gasteiger partial charge in [0.2, 0.25) is 21.8 Å². The van der Waals surface area contributed by atoms with Crippen molar-refractivity contribution in [3.63, 3.8) is 0 Å². The first-order valence-corrected chi connectivity index (χ1v) is 15.8. The minimum absolute atomic E-state index is 0.0321. The van der Waals surface area contributed by atoms with Gasteiger partial charge in [0, 0.05) is 38.5 Å². The molecular weight excluding hydrogens is 560 g/mol. The largest absolute Gasteiger partial charge is 0.354 e. The first-order chi connectivity index (χ1) is 19.8. The molecular formula is C32H39F2N3O4S. The maximum Gasteiger partial charge on any atom is 0.243 e. The van der Waals surface area contributed by atoms with Gasteiger partial charge in [-0.1, -0.05) is 74.0 Å². The molecule has 0 aromatic heterocycles. The molecule has 0 radical (unpaired) electrons. The van der Waals surface area contributed by atoms with E-state index in [2.05, 4.69) is 5.32 Å². The van der Waals surface area contributed by atoms with Crippen LogP contribution in [0.1, 0.15) is 43.4 Å². The van der Waals surface area contributed by atoms with Gasteiger partial charge in [0.1, 0.15) is 6.04 Å². The van der Waals surface area contributed by atoms with Crippen molar-refractivity contribution in [2.24, 2.45) is 5.92 Å². The van der Waals surface area contributed by atoms with Crippen LogP contribution in [-0.4, -0.2) is 50.5 Å². The van der Waals surface area contributed by atoms with Gasteiger partial charge in [-0.3, -0.25) is 13.9 Å². The van der Waals surface area contributed by atoms with Gasteiger partial charge in [-0.25, -0.2) is 17.2 Å². The number of benzene rings is 3. The first-order valence-electron chi connectivity index (χ1n) is 13.9. The van der Waals surface area contributed by atoms with Crippen molar-refractivity contribution < 1.29 is 26.8 Å². The Morgan fingerprint density at radius 2 is 1.57 bits per heavy atom. The van der Waals surface area contributed by atoms with Gasteiger partial charge >= 0.3 is 0 Å². The summed E-state index contributed by atoms with van der Waals surface area (Å²) in [7, 11) is -3.85. The van der Waals surface area contributed by atoms with Crippen molar-refractivity contribution in [3.8, 4) is 0 Å². The summed E-state index contributed by atoms with van der Waals surface area (Å²) in [4.78, 5) is 28.9. The number of carbonyl (C=O) groups is 2. The number of nitrogens with one attached hydrogen (secondary N) is 1. The van der Waals surface area contributed by atoms with Crippen LogP contribution in [0.5, 0.6) is 0 Å². The minimum Gasteiger partial charge on any atom is -0.354 e. The third-order valence-corrected chi connectivity index (χ3v) is 7.97. The lowest BCUT2D eigenvalue weighted by atomic mass is 10.0. The highest BCUT2D eigenvalue weighted by Gasteiger charge is 2.30. The number of rotatable bonds is 14. The van der Waals surface area contributed by atoms with E-state index >= 15 is 0 Å². The zero-order chi connectivity index (χ0) is 30.9. The highest BCUT2D eigenvalue weighted by Crippen LogP contribution is 2.22. The molecule has 10 heteroatoms. The highest BCUT2D eigenvalue weighted by atomic mass is 32.2. The molecule has 226 valence electrons. The van der Waals surface area contributed by atoms with Crippen LogP contribution >= 0.6 is 0 Å². The number of nitrogens with zero attached hydrogens (tertiary/aromatic N) is 2. The molecule has 0 saturated heterocycles. The van der Waals surface area contributed by atoms with E-state index < -0.39 is 27.7 Å². The standard InChI is InChI=1S/C32H39F2N3O4S/c1-23(2)21-35-32(39)30(19-25-9-6-5-7-10-25)36(22-26-14-12-24(3)13-15-26)31(38)11-8-18-37(42(4,40)41)27-16-17-28(33)29(34)20-27/h5-7,9-10,12-17,20,23,30H,8,11,18-19,21-22H2,1-4H3,(H,35,39)/t30-/m0/s1. The molecule has 3 rings (SSSR count). The quantitative estimate of drug-likeness (QED) is 0.275. The van der Waals surface area contributed by atoms with Crippen LogP contribution in [0, 0.1) is 24.5 Å². The molecule has 1 N–H and O–H groups in total. The van der Waals surface area contributed by atoms with Crippen molar-refractivity contribution in [1.82, 2.24) is 10.2 Å². The molecule has 0 fully saturated rings. The molecule has 3 aromatic rings. The normalized spacial score (nSPS) is 12.2. The van der Waals surface area contributed by atoms with E-state index in [1.54, 1.807) is 4.90 Å². The number of hydrogen-bond acceptors (Lipinski definition) is 4. The van der Waals surface area contributed by atoms with Crippen LogP contribution in [0.25, 0.3) is 0 Å². The summed E-state index contributed by atoms with van der Waals surface area (Å²) < 4.78 is 53.3. The predicted molar refractivity (Wildman–Crippen MR) is 161 cm³/mol. The number of anilines is 1. The van der Waals surface area contributed by atoms with Crippen LogP contribution < -0.4 is 9.62 Å². The molecule has 7 nitrogen and oxygen atoms in total. The molecule has 0 unspecified atom stereocenters. The fraction of sp³-hybridized carbons (Fsp3) is 0.375. The van der Waals surface area contributed by atoms with Crippen LogP contribution in [-0.2, 0) is 32.6 Å². The van der Waals surface area contributed by atoms with E-state index in [0.717, 1.165) is 39.4 Å². The molecule has 3 aromatic carbocycles. The fourth-order valence-electron chi connectivity index (χ4n) is 4.51.